The van der Waals surface area contributed by atoms with Crippen LogP contribution in [-0.2, 0) is 0 Å². The Labute approximate surface area is 142 Å². The van der Waals surface area contributed by atoms with Gasteiger partial charge in [-0.2, -0.15) is 0 Å². The molecule has 24 heavy (non-hydrogen) atoms. The minimum Gasteiger partial charge on any atom is -0.397 e. The van der Waals surface area contributed by atoms with Crippen molar-refractivity contribution in [2.24, 2.45) is 5.92 Å². The predicted molar refractivity (Wildman–Crippen MR) is 97.4 cm³/mol. The van der Waals surface area contributed by atoms with Crippen LogP contribution >= 0.6 is 0 Å². The van der Waals surface area contributed by atoms with E-state index in [0.29, 0.717) is 34.3 Å². The van der Waals surface area contributed by atoms with Gasteiger partial charge >= 0.3 is 0 Å². The van der Waals surface area contributed by atoms with Crippen LogP contribution in [0.1, 0.15) is 37.7 Å². The lowest BCUT2D eigenvalue weighted by molar-refractivity contribution is 0.480. The van der Waals surface area contributed by atoms with Crippen molar-refractivity contribution in [2.45, 2.75) is 26.8 Å². The summed E-state index contributed by atoms with van der Waals surface area (Å²) in [6.07, 6.45) is 0. The molecule has 2 rings (SSSR count). The van der Waals surface area contributed by atoms with Crippen molar-refractivity contribution in [3.05, 3.63) is 65.7 Å². The van der Waals surface area contributed by atoms with Crippen LogP contribution in [0.25, 0.3) is 5.70 Å². The molecule has 0 spiro atoms. The SMILES string of the molecule is C=C(NC(C)C(C)C)c1ccc(N)c(C(=N)c2cccc(F)c2)n1. The van der Waals surface area contributed by atoms with Gasteiger partial charge in [0.2, 0.25) is 0 Å². The second-order valence-corrected chi connectivity index (χ2v) is 6.18. The van der Waals surface area contributed by atoms with E-state index in [-0.39, 0.29) is 11.8 Å². The first-order chi connectivity index (χ1) is 11.3. The molecule has 1 heterocycles. The van der Waals surface area contributed by atoms with E-state index in [1.165, 1.54) is 12.1 Å². The summed E-state index contributed by atoms with van der Waals surface area (Å²) in [5.41, 5.74) is 8.46. The first kappa shape index (κ1) is 17.7. The largest absolute Gasteiger partial charge is 0.397 e. The van der Waals surface area contributed by atoms with E-state index >= 15 is 0 Å². The van der Waals surface area contributed by atoms with Gasteiger partial charge in [0.15, 0.2) is 0 Å². The molecule has 4 N–H and O–H groups in total. The number of nitrogens with zero attached hydrogens (tertiary/aromatic N) is 1. The normalized spacial score (nSPS) is 12.0. The van der Waals surface area contributed by atoms with Crippen LogP contribution in [0.2, 0.25) is 0 Å². The predicted octanol–water partition coefficient (Wildman–Crippen LogP) is 3.82. The molecule has 0 aliphatic rings. The van der Waals surface area contributed by atoms with Gasteiger partial charge in [-0.1, -0.05) is 32.6 Å². The third kappa shape index (κ3) is 3.98. The van der Waals surface area contributed by atoms with Crippen LogP contribution in [0.4, 0.5) is 10.1 Å². The van der Waals surface area contributed by atoms with E-state index in [9.17, 15) is 4.39 Å². The Kier molecular flexibility index (Phi) is 5.34. The zero-order chi connectivity index (χ0) is 17.9. The maximum atomic E-state index is 13.4. The molecule has 0 aliphatic carbocycles. The summed E-state index contributed by atoms with van der Waals surface area (Å²) in [7, 11) is 0. The third-order valence-electron chi connectivity index (χ3n) is 3.99. The summed E-state index contributed by atoms with van der Waals surface area (Å²) >= 11 is 0. The quantitative estimate of drug-likeness (QED) is 0.706. The first-order valence-electron chi connectivity index (χ1n) is 7.86. The Morgan fingerprint density at radius 2 is 1.96 bits per heavy atom. The highest BCUT2D eigenvalue weighted by atomic mass is 19.1. The minimum absolute atomic E-state index is 0.0820. The van der Waals surface area contributed by atoms with Gasteiger partial charge in [-0.25, -0.2) is 9.37 Å². The molecule has 126 valence electrons. The number of nitrogens with one attached hydrogen (secondary N) is 2. The summed E-state index contributed by atoms with van der Waals surface area (Å²) in [4.78, 5) is 4.46. The van der Waals surface area contributed by atoms with E-state index in [1.54, 1.807) is 24.3 Å². The second kappa shape index (κ2) is 7.25. The molecule has 1 atom stereocenters. The zero-order valence-electron chi connectivity index (χ0n) is 14.2. The van der Waals surface area contributed by atoms with Crippen molar-refractivity contribution in [1.29, 1.82) is 5.41 Å². The molecule has 0 radical (unpaired) electrons. The molecule has 0 aliphatic heterocycles. The van der Waals surface area contributed by atoms with E-state index in [2.05, 4.69) is 37.7 Å². The fourth-order valence-corrected chi connectivity index (χ4v) is 2.13. The van der Waals surface area contributed by atoms with Gasteiger partial charge in [-0.3, -0.25) is 5.41 Å². The van der Waals surface area contributed by atoms with Gasteiger partial charge < -0.3 is 11.1 Å². The monoisotopic (exact) mass is 326 g/mol. The molecule has 5 heteroatoms. The average molecular weight is 326 g/mol. The molecule has 0 fully saturated rings. The number of rotatable bonds is 6. The summed E-state index contributed by atoms with van der Waals surface area (Å²) < 4.78 is 13.4. The van der Waals surface area contributed by atoms with Crippen LogP contribution in [0.5, 0.6) is 0 Å². The van der Waals surface area contributed by atoms with Gasteiger partial charge in [0.25, 0.3) is 0 Å². The number of hydrogen-bond acceptors (Lipinski definition) is 4. The van der Waals surface area contributed by atoms with Gasteiger partial charge in [-0.05, 0) is 37.1 Å². The molecular formula is C19H23FN4. The van der Waals surface area contributed by atoms with Gasteiger partial charge in [-0.15, -0.1) is 0 Å². The number of benzene rings is 1. The van der Waals surface area contributed by atoms with Crippen molar-refractivity contribution < 1.29 is 4.39 Å². The number of aromatic nitrogens is 1. The van der Waals surface area contributed by atoms with E-state index in [0.717, 1.165) is 0 Å². The number of nitrogens with two attached hydrogens (primary N) is 1. The van der Waals surface area contributed by atoms with E-state index < -0.39 is 5.82 Å². The van der Waals surface area contributed by atoms with Crippen LogP contribution in [0, 0.1) is 17.1 Å². The molecule has 1 aromatic heterocycles. The third-order valence-corrected chi connectivity index (χ3v) is 3.99. The smallest absolute Gasteiger partial charge is 0.123 e. The van der Waals surface area contributed by atoms with Crippen LogP contribution in [-0.4, -0.2) is 16.7 Å². The molecule has 0 amide bonds. The van der Waals surface area contributed by atoms with Crippen LogP contribution in [0.15, 0.2) is 43.0 Å². The summed E-state index contributed by atoms with van der Waals surface area (Å²) in [5, 5.41) is 11.6. The molecule has 2 aromatic rings. The fourth-order valence-electron chi connectivity index (χ4n) is 2.13. The number of anilines is 1. The van der Waals surface area contributed by atoms with Gasteiger partial charge in [0, 0.05) is 11.6 Å². The molecule has 1 aromatic carbocycles. The number of pyridine rings is 1. The summed E-state index contributed by atoms with van der Waals surface area (Å²) in [5.74, 6) is 0.0457. The molecular weight excluding hydrogens is 303 g/mol. The van der Waals surface area contributed by atoms with E-state index in [1.807, 2.05) is 0 Å². The van der Waals surface area contributed by atoms with Crippen molar-refractivity contribution >= 4 is 17.1 Å². The van der Waals surface area contributed by atoms with Gasteiger partial charge in [0.1, 0.15) is 11.5 Å². The Morgan fingerprint density at radius 3 is 2.58 bits per heavy atom. The van der Waals surface area contributed by atoms with Crippen molar-refractivity contribution in [1.82, 2.24) is 10.3 Å². The van der Waals surface area contributed by atoms with Crippen LogP contribution in [0.3, 0.4) is 0 Å². The standard InChI is InChI=1S/C19H23FN4/c1-11(2)12(3)23-13(4)17-9-8-16(21)19(24-17)18(22)14-6-5-7-15(20)10-14/h5-12,22-23H,4,21H2,1-3H3. The number of nitrogen functional groups attached to an aromatic ring is 1. The molecule has 4 nitrogen and oxygen atoms in total. The van der Waals surface area contributed by atoms with Crippen LogP contribution < -0.4 is 11.1 Å². The average Bonchev–Trinajstić information content (AvgIpc) is 2.54. The summed E-state index contributed by atoms with van der Waals surface area (Å²) in [6.45, 7) is 10.3. The Hall–Kier alpha value is -2.69. The first-order valence-corrected chi connectivity index (χ1v) is 7.86. The lowest BCUT2D eigenvalue weighted by Gasteiger charge is -2.20. The summed E-state index contributed by atoms with van der Waals surface area (Å²) in [6, 6.07) is 9.55. The molecule has 0 saturated heterocycles. The minimum atomic E-state index is -0.399. The van der Waals surface area contributed by atoms with Crippen molar-refractivity contribution in [3.63, 3.8) is 0 Å². The lowest BCUT2D eigenvalue weighted by atomic mass is 10.0. The topological polar surface area (TPSA) is 74.8 Å². The number of hydrogen-bond donors (Lipinski definition) is 3. The maximum Gasteiger partial charge on any atom is 0.123 e. The maximum absolute atomic E-state index is 13.4. The highest BCUT2D eigenvalue weighted by Crippen LogP contribution is 2.19. The Morgan fingerprint density at radius 1 is 1.25 bits per heavy atom. The Bertz CT molecular complexity index is 768. The van der Waals surface area contributed by atoms with E-state index in [4.69, 9.17) is 11.1 Å². The Balaban J connectivity index is 2.32. The highest BCUT2D eigenvalue weighted by molar-refractivity contribution is 6.12. The second-order valence-electron chi connectivity index (χ2n) is 6.18. The number of halogens is 1. The van der Waals surface area contributed by atoms with Crippen molar-refractivity contribution in [2.75, 3.05) is 5.73 Å². The molecule has 0 saturated carbocycles. The van der Waals surface area contributed by atoms with Gasteiger partial charge in [0.05, 0.1) is 22.8 Å². The fraction of sp³-hybridized carbons (Fsp3) is 0.263. The molecule has 0 bridgehead atoms. The molecule has 1 unspecified atom stereocenters. The van der Waals surface area contributed by atoms with Crippen molar-refractivity contribution in [3.8, 4) is 0 Å². The lowest BCUT2D eigenvalue weighted by Crippen LogP contribution is -2.29. The highest BCUT2D eigenvalue weighted by Gasteiger charge is 2.14. The zero-order valence-corrected chi connectivity index (χ0v) is 14.2.